The Kier molecular flexibility index (Phi) is 6.30. The number of hydrogen-bond acceptors (Lipinski definition) is 2. The van der Waals surface area contributed by atoms with Crippen molar-refractivity contribution in [3.63, 3.8) is 0 Å². The minimum atomic E-state index is -0.883. The van der Waals surface area contributed by atoms with Gasteiger partial charge in [-0.15, -0.1) is 0 Å². The van der Waals surface area contributed by atoms with E-state index in [2.05, 4.69) is 0 Å². The quantitative estimate of drug-likeness (QED) is 0.264. The van der Waals surface area contributed by atoms with Gasteiger partial charge < -0.3 is 9.80 Å². The summed E-state index contributed by atoms with van der Waals surface area (Å²) < 4.78 is 57.6. The molecule has 4 aromatic rings. The predicted octanol–water partition coefficient (Wildman–Crippen LogP) is 6.45. The van der Waals surface area contributed by atoms with E-state index >= 15 is 0 Å². The van der Waals surface area contributed by atoms with Gasteiger partial charge in [0.2, 0.25) is 0 Å². The summed E-state index contributed by atoms with van der Waals surface area (Å²) in [4.78, 5) is 30.8. The van der Waals surface area contributed by atoms with Gasteiger partial charge in [0.1, 0.15) is 23.3 Å². The van der Waals surface area contributed by atoms with Gasteiger partial charge in [-0.1, -0.05) is 60.7 Å². The number of rotatable bonds is 6. The smallest absolute Gasteiger partial charge is 0.261 e. The summed E-state index contributed by atoms with van der Waals surface area (Å²) in [5, 5.41) is 0. The van der Waals surface area contributed by atoms with Crippen molar-refractivity contribution >= 4 is 23.2 Å². The maximum Gasteiger partial charge on any atom is 0.261 e. The maximum atomic E-state index is 14.4. The molecule has 8 heteroatoms. The van der Waals surface area contributed by atoms with Crippen LogP contribution in [0.1, 0.15) is 22.3 Å². The molecule has 0 aliphatic carbocycles. The highest BCUT2D eigenvalue weighted by molar-refractivity contribution is 6.30. The van der Waals surface area contributed by atoms with Crippen molar-refractivity contribution in [3.8, 4) is 0 Å². The van der Waals surface area contributed by atoms with Crippen molar-refractivity contribution in [2.45, 2.75) is 13.1 Å². The normalized spacial score (nSPS) is 15.0. The Balaban J connectivity index is 1.62. The fourth-order valence-electron chi connectivity index (χ4n) is 5.21. The van der Waals surface area contributed by atoms with Gasteiger partial charge >= 0.3 is 0 Å². The fraction of sp³-hybridized carbons (Fsp3) is 0.0625. The van der Waals surface area contributed by atoms with Gasteiger partial charge in [-0.3, -0.25) is 9.59 Å². The minimum absolute atomic E-state index is 0.00308. The monoisotopic (exact) mass is 540 g/mol. The molecule has 0 N–H and O–H groups in total. The van der Waals surface area contributed by atoms with Crippen LogP contribution in [-0.2, 0) is 22.7 Å². The molecule has 0 spiro atoms. The van der Waals surface area contributed by atoms with E-state index in [0.29, 0.717) is 23.3 Å². The zero-order valence-electron chi connectivity index (χ0n) is 20.9. The number of hydrogen-bond donors (Lipinski definition) is 0. The summed E-state index contributed by atoms with van der Waals surface area (Å²) in [5.74, 6) is -4.78. The first-order chi connectivity index (χ1) is 19.3. The highest BCUT2D eigenvalue weighted by Gasteiger charge is 2.49. The van der Waals surface area contributed by atoms with E-state index in [1.807, 2.05) is 0 Å². The molecule has 0 bridgehead atoms. The molecule has 0 saturated carbocycles. The molecular weight excluding hydrogens is 520 g/mol. The number of amides is 2. The number of nitrogens with zero attached hydrogens (tertiary/aromatic N) is 2. The van der Waals surface area contributed by atoms with Gasteiger partial charge in [-0.25, -0.2) is 17.6 Å². The Hall–Kier alpha value is -4.98. The number of halogens is 4. The largest absolute Gasteiger partial charge is 0.302 e. The minimum Gasteiger partial charge on any atom is -0.302 e. The number of benzene rings is 4. The Morgan fingerprint density at radius 1 is 0.475 bits per heavy atom. The van der Waals surface area contributed by atoms with E-state index < -0.39 is 35.1 Å². The van der Waals surface area contributed by atoms with Crippen molar-refractivity contribution in [3.05, 3.63) is 154 Å². The van der Waals surface area contributed by atoms with E-state index in [1.54, 1.807) is 60.7 Å². The molecule has 0 fully saturated rings. The van der Waals surface area contributed by atoms with Crippen LogP contribution in [-0.4, -0.2) is 21.6 Å². The summed E-state index contributed by atoms with van der Waals surface area (Å²) in [7, 11) is 0. The SMILES string of the molecule is O=C1C2=C(c3cc(F)cc(F)c3)N(Cc3ccccc3)C(=O)C2=C(c2cc(F)cc(F)c2)N1Cc1ccccc1. The Morgan fingerprint density at radius 3 is 1.12 bits per heavy atom. The lowest BCUT2D eigenvalue weighted by Crippen LogP contribution is -2.29. The highest BCUT2D eigenvalue weighted by atomic mass is 19.1. The third kappa shape index (κ3) is 4.47. The van der Waals surface area contributed by atoms with Crippen LogP contribution in [0.5, 0.6) is 0 Å². The van der Waals surface area contributed by atoms with Gasteiger partial charge in [0.25, 0.3) is 11.8 Å². The molecule has 6 rings (SSSR count). The molecule has 2 aliphatic heterocycles. The van der Waals surface area contributed by atoms with Crippen molar-refractivity contribution in [2.24, 2.45) is 0 Å². The van der Waals surface area contributed by atoms with Crippen LogP contribution in [0.3, 0.4) is 0 Å². The predicted molar refractivity (Wildman–Crippen MR) is 141 cm³/mol. The lowest BCUT2D eigenvalue weighted by atomic mass is 10.0. The van der Waals surface area contributed by atoms with Gasteiger partial charge in [0, 0.05) is 23.3 Å². The molecule has 0 unspecified atom stereocenters. The fourth-order valence-corrected chi connectivity index (χ4v) is 5.21. The molecule has 0 radical (unpaired) electrons. The van der Waals surface area contributed by atoms with Gasteiger partial charge in [0.15, 0.2) is 0 Å². The molecule has 4 nitrogen and oxygen atoms in total. The van der Waals surface area contributed by atoms with Crippen molar-refractivity contribution in [1.29, 1.82) is 0 Å². The molecule has 4 aromatic carbocycles. The zero-order chi connectivity index (χ0) is 28.0. The highest BCUT2D eigenvalue weighted by Crippen LogP contribution is 2.47. The van der Waals surface area contributed by atoms with Crippen molar-refractivity contribution in [1.82, 2.24) is 9.80 Å². The third-order valence-corrected chi connectivity index (χ3v) is 6.82. The third-order valence-electron chi connectivity index (χ3n) is 6.82. The summed E-state index contributed by atoms with van der Waals surface area (Å²) in [5.41, 5.74) is 1.28. The van der Waals surface area contributed by atoms with Gasteiger partial charge in [-0.2, -0.15) is 0 Å². The molecule has 2 amide bonds. The zero-order valence-corrected chi connectivity index (χ0v) is 20.9. The summed E-state index contributed by atoms with van der Waals surface area (Å²) in [6.45, 7) is -0.00616. The van der Waals surface area contributed by atoms with Crippen LogP contribution in [0.15, 0.2) is 108 Å². The average Bonchev–Trinajstić information content (AvgIpc) is 3.35. The maximum absolute atomic E-state index is 14.4. The second kappa shape index (κ2) is 9.96. The van der Waals surface area contributed by atoms with Crippen molar-refractivity contribution < 1.29 is 27.2 Å². The first-order valence-electron chi connectivity index (χ1n) is 12.4. The summed E-state index contributed by atoms with van der Waals surface area (Å²) >= 11 is 0. The first-order valence-corrected chi connectivity index (χ1v) is 12.4. The molecule has 0 atom stereocenters. The number of carbonyl (C=O) groups is 2. The Bertz CT molecular complexity index is 1560. The van der Waals surface area contributed by atoms with E-state index in [4.69, 9.17) is 0 Å². The first kappa shape index (κ1) is 25.3. The number of carbonyl (C=O) groups excluding carboxylic acids is 2. The topological polar surface area (TPSA) is 40.6 Å². The van der Waals surface area contributed by atoms with Crippen LogP contribution in [0.25, 0.3) is 11.4 Å². The van der Waals surface area contributed by atoms with Gasteiger partial charge in [0.05, 0.1) is 35.6 Å². The molecule has 40 heavy (non-hydrogen) atoms. The summed E-state index contributed by atoms with van der Waals surface area (Å²) in [6.07, 6.45) is 0. The van der Waals surface area contributed by atoms with E-state index in [9.17, 15) is 27.2 Å². The standard InChI is InChI=1S/C32H20F4N2O2/c33-23-11-21(12-24(34)15-23)29-27-28(31(39)37(29)17-19-7-3-1-4-8-19)30(22-13-25(35)16-26(36)14-22)38(32(27)40)18-20-9-5-2-6-10-20/h1-16H,17-18H2. The molecule has 0 aromatic heterocycles. The molecular formula is C32H20F4N2O2. The molecule has 2 aliphatic rings. The summed E-state index contributed by atoms with van der Waals surface area (Å²) in [6, 6.07) is 23.4. The Labute approximate surface area is 227 Å². The van der Waals surface area contributed by atoms with E-state index in [1.165, 1.54) is 9.80 Å². The van der Waals surface area contributed by atoms with Crippen LogP contribution >= 0.6 is 0 Å². The second-order valence-electron chi connectivity index (χ2n) is 9.52. The van der Waals surface area contributed by atoms with Gasteiger partial charge in [-0.05, 0) is 35.4 Å². The van der Waals surface area contributed by atoms with E-state index in [-0.39, 0.29) is 46.8 Å². The Morgan fingerprint density at radius 2 is 0.800 bits per heavy atom. The van der Waals surface area contributed by atoms with Crippen LogP contribution in [0.2, 0.25) is 0 Å². The van der Waals surface area contributed by atoms with Crippen LogP contribution < -0.4 is 0 Å². The van der Waals surface area contributed by atoms with Crippen molar-refractivity contribution in [2.75, 3.05) is 0 Å². The molecule has 0 saturated heterocycles. The average molecular weight is 541 g/mol. The second-order valence-corrected chi connectivity index (χ2v) is 9.52. The lowest BCUT2D eigenvalue weighted by Gasteiger charge is -2.25. The van der Waals surface area contributed by atoms with E-state index in [0.717, 1.165) is 24.3 Å². The molecule has 2 heterocycles. The lowest BCUT2D eigenvalue weighted by molar-refractivity contribution is -0.124. The van der Waals surface area contributed by atoms with Crippen LogP contribution in [0.4, 0.5) is 17.6 Å². The molecule has 198 valence electrons. The number of fused-ring (bicyclic) bond motifs is 1. The van der Waals surface area contributed by atoms with Crippen LogP contribution in [0, 0.1) is 23.3 Å².